The van der Waals surface area contributed by atoms with E-state index in [-0.39, 0.29) is 35.8 Å². The van der Waals surface area contributed by atoms with E-state index < -0.39 is 11.6 Å². The Morgan fingerprint density at radius 1 is 1.10 bits per heavy atom. The van der Waals surface area contributed by atoms with Crippen LogP contribution in [-0.2, 0) is 9.53 Å². The molecule has 212 valence electrons. The molecule has 3 atom stereocenters. The summed E-state index contributed by atoms with van der Waals surface area (Å²) in [6.07, 6.45) is 6.71. The van der Waals surface area contributed by atoms with Crippen molar-refractivity contribution in [3.63, 3.8) is 0 Å². The van der Waals surface area contributed by atoms with Gasteiger partial charge in [0.05, 0.1) is 24.8 Å². The van der Waals surface area contributed by atoms with E-state index in [2.05, 4.69) is 17.2 Å². The lowest BCUT2D eigenvalue weighted by atomic mass is 9.85. The minimum Gasteiger partial charge on any atom is -0.465 e. The van der Waals surface area contributed by atoms with Crippen molar-refractivity contribution in [1.82, 2.24) is 19.5 Å². The summed E-state index contributed by atoms with van der Waals surface area (Å²) < 4.78 is 35.6. The molecular weight excluding hydrogens is 518 g/mol. The van der Waals surface area contributed by atoms with Gasteiger partial charge in [-0.05, 0) is 74.3 Å². The number of benzene rings is 1. The molecule has 2 unspecified atom stereocenters. The van der Waals surface area contributed by atoms with Crippen LogP contribution in [0.25, 0.3) is 5.65 Å². The number of imidazole rings is 1. The second-order valence-electron chi connectivity index (χ2n) is 11.1. The van der Waals surface area contributed by atoms with Gasteiger partial charge in [-0.25, -0.2) is 18.6 Å². The number of fused-ring (bicyclic) bond motifs is 3. The highest BCUT2D eigenvalue weighted by atomic mass is 19.1. The molecule has 2 aliphatic heterocycles. The minimum atomic E-state index is -0.475. The number of nitrogens with zero attached hydrogens (tertiary/aromatic N) is 5. The van der Waals surface area contributed by atoms with E-state index in [1.807, 2.05) is 11.0 Å². The first-order valence-corrected chi connectivity index (χ1v) is 14.2. The number of hydrogen-bond acceptors (Lipinski definition) is 6. The number of halogens is 2. The zero-order valence-corrected chi connectivity index (χ0v) is 22.6. The van der Waals surface area contributed by atoms with Crippen LogP contribution in [0.1, 0.15) is 57.1 Å². The predicted molar refractivity (Wildman–Crippen MR) is 145 cm³/mol. The quantitative estimate of drug-likeness (QED) is 0.321. The molecule has 0 radical (unpaired) electrons. The maximum atomic E-state index is 14.6. The van der Waals surface area contributed by atoms with Crippen LogP contribution in [-0.4, -0.2) is 57.7 Å². The van der Waals surface area contributed by atoms with E-state index in [0.29, 0.717) is 55.5 Å². The van der Waals surface area contributed by atoms with E-state index in [4.69, 9.17) is 9.84 Å². The van der Waals surface area contributed by atoms with Crippen LogP contribution in [0.4, 0.5) is 25.2 Å². The topological polar surface area (TPSA) is 92.1 Å². The molecule has 1 aliphatic carbocycles. The van der Waals surface area contributed by atoms with E-state index in [0.717, 1.165) is 44.2 Å². The molecule has 11 heteroatoms. The Morgan fingerprint density at radius 2 is 1.90 bits per heavy atom. The first kappa shape index (κ1) is 26.5. The number of ether oxygens (including phenoxy) is 1. The number of nitrogens with one attached hydrogen (secondary N) is 1. The Morgan fingerprint density at radius 3 is 2.67 bits per heavy atom. The first-order valence-electron chi connectivity index (χ1n) is 14.2. The number of piperidine rings is 1. The molecule has 2 aromatic heterocycles. The van der Waals surface area contributed by atoms with E-state index in [1.165, 1.54) is 6.07 Å². The van der Waals surface area contributed by atoms with Gasteiger partial charge in [-0.1, -0.05) is 13.3 Å². The Balaban J connectivity index is 1.16. The van der Waals surface area contributed by atoms with Gasteiger partial charge in [-0.3, -0.25) is 10.1 Å². The van der Waals surface area contributed by atoms with Crippen molar-refractivity contribution < 1.29 is 23.1 Å². The summed E-state index contributed by atoms with van der Waals surface area (Å²) in [7, 11) is 0. The van der Waals surface area contributed by atoms with Gasteiger partial charge >= 0.3 is 12.0 Å². The van der Waals surface area contributed by atoms with Gasteiger partial charge in [0.2, 0.25) is 0 Å². The number of rotatable bonds is 7. The van der Waals surface area contributed by atoms with Gasteiger partial charge in [-0.15, -0.1) is 5.10 Å². The van der Waals surface area contributed by atoms with Crippen LogP contribution < -0.4 is 10.2 Å². The summed E-state index contributed by atoms with van der Waals surface area (Å²) in [4.78, 5) is 34.1. The normalized spacial score (nSPS) is 24.1. The molecule has 3 fully saturated rings. The molecule has 3 aromatic rings. The Kier molecular flexibility index (Phi) is 7.29. The van der Waals surface area contributed by atoms with Crippen LogP contribution in [0.15, 0.2) is 36.5 Å². The molecule has 2 saturated heterocycles. The van der Waals surface area contributed by atoms with Crippen molar-refractivity contribution in [2.45, 2.75) is 51.5 Å². The standard InChI is InChI=1S/C29H34F2N6O3/c1-2-3-13-40-28(38)27-18-6-7-19(27)17-35(16-18)29(39)33-26-15-32-24-10-11-25(34-37(24)26)36-12-4-5-23(36)21-14-20(30)8-9-22(21)31/h8-11,14-15,18-19,23,27H,2-7,12-13,16-17H2,1H3,(H,33,39)/t18?,19?,23-,27?/m1/s1. The molecule has 2 amide bonds. The van der Waals surface area contributed by atoms with Gasteiger partial charge in [0.1, 0.15) is 17.5 Å². The smallest absolute Gasteiger partial charge is 0.323 e. The molecule has 2 bridgehead atoms. The molecule has 3 aliphatic rings. The number of carbonyl (C=O) groups is 2. The second-order valence-corrected chi connectivity index (χ2v) is 11.1. The Labute approximate surface area is 231 Å². The van der Waals surface area contributed by atoms with Crippen LogP contribution in [0, 0.1) is 29.4 Å². The van der Waals surface area contributed by atoms with Crippen molar-refractivity contribution in [2.75, 3.05) is 36.5 Å². The van der Waals surface area contributed by atoms with E-state index >= 15 is 0 Å². The summed E-state index contributed by atoms with van der Waals surface area (Å²) in [6.45, 7) is 4.16. The highest BCUT2D eigenvalue weighted by Crippen LogP contribution is 2.43. The Hall–Kier alpha value is -3.76. The van der Waals surface area contributed by atoms with Crippen molar-refractivity contribution in [2.24, 2.45) is 17.8 Å². The highest BCUT2D eigenvalue weighted by Gasteiger charge is 2.47. The summed E-state index contributed by atoms with van der Waals surface area (Å²) in [5.74, 6) is 0.0199. The number of anilines is 2. The fraction of sp³-hybridized carbons (Fsp3) is 0.517. The van der Waals surface area contributed by atoms with Crippen LogP contribution in [0.2, 0.25) is 0 Å². The zero-order valence-electron chi connectivity index (χ0n) is 22.6. The average Bonchev–Trinajstić information content (AvgIpc) is 3.66. The van der Waals surface area contributed by atoms with Crippen molar-refractivity contribution in [3.05, 3.63) is 53.7 Å². The number of urea groups is 1. The van der Waals surface area contributed by atoms with Crippen LogP contribution >= 0.6 is 0 Å². The van der Waals surface area contributed by atoms with Gasteiger partial charge < -0.3 is 14.5 Å². The number of likely N-dealkylation sites (tertiary alicyclic amines) is 1. The third kappa shape index (κ3) is 4.97. The fourth-order valence-electron chi connectivity index (χ4n) is 6.61. The number of esters is 1. The molecule has 4 heterocycles. The lowest BCUT2D eigenvalue weighted by molar-refractivity contribution is -0.153. The SMILES string of the molecule is CCCCOC(=O)C1C2CCC1CN(C(=O)Nc1cnc3ccc(N4CCC[C@@H]4c4cc(F)ccc4F)nn13)C2. The van der Waals surface area contributed by atoms with Gasteiger partial charge in [-0.2, -0.15) is 4.52 Å². The molecule has 1 N–H and O–H groups in total. The molecule has 1 aromatic carbocycles. The monoisotopic (exact) mass is 552 g/mol. The molecular formula is C29H34F2N6O3. The number of unbranched alkanes of at least 4 members (excludes halogenated alkanes) is 1. The number of amides is 2. The molecule has 1 saturated carbocycles. The number of aromatic nitrogens is 3. The Bertz CT molecular complexity index is 1400. The molecule has 0 spiro atoms. The molecule has 6 rings (SSSR count). The van der Waals surface area contributed by atoms with E-state index in [9.17, 15) is 18.4 Å². The molecule has 9 nitrogen and oxygen atoms in total. The van der Waals surface area contributed by atoms with Gasteiger partial charge in [0.15, 0.2) is 11.5 Å². The van der Waals surface area contributed by atoms with Crippen molar-refractivity contribution in [1.29, 1.82) is 0 Å². The van der Waals surface area contributed by atoms with Crippen molar-refractivity contribution in [3.8, 4) is 0 Å². The van der Waals surface area contributed by atoms with Crippen LogP contribution in [0.3, 0.4) is 0 Å². The summed E-state index contributed by atoms with van der Waals surface area (Å²) in [5, 5.41) is 7.67. The average molecular weight is 553 g/mol. The highest BCUT2D eigenvalue weighted by molar-refractivity contribution is 5.89. The molecule has 40 heavy (non-hydrogen) atoms. The third-order valence-corrected chi connectivity index (χ3v) is 8.58. The summed E-state index contributed by atoms with van der Waals surface area (Å²) >= 11 is 0. The summed E-state index contributed by atoms with van der Waals surface area (Å²) in [5.41, 5.74) is 0.867. The lowest BCUT2D eigenvalue weighted by Gasteiger charge is -2.36. The maximum absolute atomic E-state index is 14.6. The number of carbonyl (C=O) groups excluding carboxylic acids is 2. The second kappa shape index (κ2) is 11.0. The van der Waals surface area contributed by atoms with Gasteiger partial charge in [0.25, 0.3) is 0 Å². The zero-order chi connectivity index (χ0) is 27.8. The maximum Gasteiger partial charge on any atom is 0.323 e. The number of hydrogen-bond donors (Lipinski definition) is 1. The van der Waals surface area contributed by atoms with Crippen molar-refractivity contribution >= 4 is 29.3 Å². The van der Waals surface area contributed by atoms with Gasteiger partial charge in [0, 0.05) is 25.2 Å². The third-order valence-electron chi connectivity index (χ3n) is 8.58. The summed E-state index contributed by atoms with van der Waals surface area (Å²) in [6, 6.07) is 6.54. The lowest BCUT2D eigenvalue weighted by Crippen LogP contribution is -2.49. The van der Waals surface area contributed by atoms with E-state index in [1.54, 1.807) is 21.7 Å². The van der Waals surface area contributed by atoms with Crippen LogP contribution in [0.5, 0.6) is 0 Å². The largest absolute Gasteiger partial charge is 0.465 e. The first-order chi connectivity index (χ1) is 19.4. The minimum absolute atomic E-state index is 0.0980. The fourth-order valence-corrected chi connectivity index (χ4v) is 6.61. The predicted octanol–water partition coefficient (Wildman–Crippen LogP) is 5.18.